The van der Waals surface area contributed by atoms with Gasteiger partial charge in [0.2, 0.25) is 0 Å². The van der Waals surface area contributed by atoms with Crippen LogP contribution in [-0.2, 0) is 264 Å². The van der Waals surface area contributed by atoms with E-state index in [1.807, 2.05) is 36.5 Å². The molecule has 14 heteroatoms. The maximum atomic E-state index is 4.45. The normalized spacial score (nSPS) is 11.1. The summed E-state index contributed by atoms with van der Waals surface area (Å²) < 4.78 is 13.8. The molecule has 0 fully saturated rings. The second kappa shape index (κ2) is 44.6. The summed E-state index contributed by atoms with van der Waals surface area (Å²) in [5.74, 6) is 0. The number of aryl methyl sites for hydroxylation is 5. The van der Waals surface area contributed by atoms with Gasteiger partial charge in [-0.2, -0.15) is 11.5 Å². The van der Waals surface area contributed by atoms with E-state index in [1.165, 1.54) is 219 Å². The van der Waals surface area contributed by atoms with Gasteiger partial charge in [-0.15, -0.1) is 100 Å². The van der Waals surface area contributed by atoms with Crippen LogP contribution in [0.15, 0.2) is 437 Å². The Morgan fingerprint density at radius 1 is 0.188 bits per heavy atom. The molecule has 29 rings (SSSR count). The van der Waals surface area contributed by atoms with E-state index in [0.29, 0.717) is 0 Å². The van der Waals surface area contributed by atoms with Crippen LogP contribution in [0.4, 0.5) is 0 Å². The standard InChI is InChI=1S/C35H23N2.C29H20N.C27H18N.C22H15N2.C17H11N.7Y/c1-36-32-11-5-2-10-30(32)31-21-17-25-22-24(16-20-27(25)35(31)36)23-14-18-26(19-15-23)37-33-12-6-3-8-28(33)29-9-4-7-13-34(29)37;1-30-28-10-6-5-9-26(28)27-18-16-24-19-23(15-17-25(24)29(27)30)22-13-11-21(12-14-22)20-7-3-2-4-8-20;1-28-26-9-5-4-8-24(26)25-15-13-22-17-21(12-14-23(22)27(25)28)20-11-10-18-6-2-3-7-19(18)16-20;1-24-21-8-3-2-6-18(21)19-12-9-15-14-16(10-11-17(15)22(19)24)20-7-4-5-13-23-20;1-18-16-9-5-4-8-14(16)15-11-10-12-6-2-3-7-13(12)17(15)18;;;;;;;/h2-16,18-22H,1H3;2-15,17-19H,1H3;2-12,14-17H,1H3;2-8,10-14H,1H3;3-9,11H,1H3;;;;;;;/q4*-1;-2;;;;;;;. The van der Waals surface area contributed by atoms with Crippen LogP contribution in [0.3, 0.4) is 0 Å². The topological polar surface area (TPSA) is 42.5 Å². The molecule has 0 aliphatic heterocycles. The number of nitrogens with zero attached hydrogens (tertiary/aromatic N) is 7. The van der Waals surface area contributed by atoms with Gasteiger partial charge in [-0.3, -0.25) is 16.4 Å². The molecule has 0 saturated heterocycles. The Bertz CT molecular complexity index is 9830. The average molecular weight is 2370 g/mol. The summed E-state index contributed by atoms with van der Waals surface area (Å²) >= 11 is 0. The fourth-order valence-corrected chi connectivity index (χ4v) is 21.5. The van der Waals surface area contributed by atoms with E-state index in [0.717, 1.165) is 38.2 Å². The maximum Gasteiger partial charge on any atom is 0.0609 e. The van der Waals surface area contributed by atoms with Crippen molar-refractivity contribution in [3.05, 3.63) is 473 Å². The van der Waals surface area contributed by atoms with Crippen molar-refractivity contribution >= 4 is 195 Å². The molecular weight excluding hydrogens is 2280 g/mol. The minimum atomic E-state index is 0. The minimum absolute atomic E-state index is 0. The van der Waals surface area contributed by atoms with Crippen LogP contribution < -0.4 is 0 Å². The van der Waals surface area contributed by atoms with Crippen LogP contribution in [0.2, 0.25) is 0 Å². The van der Waals surface area contributed by atoms with Crippen molar-refractivity contribution in [1.82, 2.24) is 32.4 Å². The van der Waals surface area contributed by atoms with Crippen LogP contribution in [0.1, 0.15) is 0 Å². The van der Waals surface area contributed by atoms with Crippen LogP contribution in [0.5, 0.6) is 0 Å². The fourth-order valence-electron chi connectivity index (χ4n) is 21.5. The molecule has 29 aromatic rings. The Morgan fingerprint density at radius 3 is 0.840 bits per heavy atom. The van der Waals surface area contributed by atoms with Crippen LogP contribution in [0, 0.1) is 36.4 Å². The predicted molar refractivity (Wildman–Crippen MR) is 579 cm³/mol. The number of aromatic nitrogens is 7. The third kappa shape index (κ3) is 18.8. The van der Waals surface area contributed by atoms with Gasteiger partial charge in [0, 0.05) is 314 Å². The second-order valence-corrected chi connectivity index (χ2v) is 35.8. The van der Waals surface area contributed by atoms with E-state index in [1.54, 1.807) is 0 Å². The van der Waals surface area contributed by atoms with Gasteiger partial charge < -0.3 is 27.4 Å². The van der Waals surface area contributed by atoms with Gasteiger partial charge in [-0.25, -0.2) is 18.2 Å². The molecule has 7 aromatic heterocycles. The van der Waals surface area contributed by atoms with Crippen molar-refractivity contribution in [1.29, 1.82) is 0 Å². The number of fused-ring (bicyclic) bond motifs is 29. The van der Waals surface area contributed by atoms with Crippen molar-refractivity contribution in [3.8, 4) is 61.5 Å². The number of hydrogen-bond acceptors (Lipinski definition) is 1. The van der Waals surface area contributed by atoms with Crippen LogP contribution in [0.25, 0.3) is 257 Å². The van der Waals surface area contributed by atoms with E-state index in [4.69, 9.17) is 0 Å². The third-order valence-electron chi connectivity index (χ3n) is 28.2. The Balaban J connectivity index is 0.000000119. The summed E-state index contributed by atoms with van der Waals surface area (Å²) in [4.78, 5) is 4.45. The van der Waals surface area contributed by atoms with Gasteiger partial charge in [0.25, 0.3) is 0 Å². The number of rotatable bonds is 6. The SMILES string of the molecule is Cn1c2ccccc2c2c[c-]c3c[c-]ccc3c21.Cn1c2ccccc2c2c[c-]c3cc(-c4ccc(-c5ccccc5)cc4)ccc3c21.Cn1c2ccccc2c2c[c-]c3cc(-c4ccc(-n5c6ccccc6c6ccccc65)cc4)ccc3c21.Cn1c2ccccc2c2c[c-]c3cc(-c4ccc5ccccc5c4)ccc3c21.Cn1c2ccccc2c2c[c-]c3cc(-c4ccccn4)ccc3c21.[Y].[Y].[Y].[Y].[Y].[Y].[Y]. The van der Waals surface area contributed by atoms with Gasteiger partial charge in [0.15, 0.2) is 0 Å². The first-order valence-corrected chi connectivity index (χ1v) is 46.7. The van der Waals surface area contributed by atoms with Gasteiger partial charge in [-0.05, 0) is 166 Å². The average Bonchev–Trinajstić information content (AvgIpc) is 1.55. The van der Waals surface area contributed by atoms with Crippen molar-refractivity contribution in [2.75, 3.05) is 0 Å². The molecule has 0 aliphatic carbocycles. The molecule has 0 bridgehead atoms. The van der Waals surface area contributed by atoms with Gasteiger partial charge in [0.05, 0.1) is 16.7 Å². The quantitative estimate of drug-likeness (QED) is 0.153. The predicted octanol–water partition coefficient (Wildman–Crippen LogP) is 33.2. The smallest absolute Gasteiger partial charge is 0.0609 e. The Hall–Kier alpha value is -9.92. The summed E-state index contributed by atoms with van der Waals surface area (Å²) in [6.07, 6.45) is 1.83. The molecule has 0 aliphatic rings. The number of hydrogen-bond donors (Lipinski definition) is 0. The van der Waals surface area contributed by atoms with Crippen molar-refractivity contribution in [2.45, 2.75) is 0 Å². The molecule has 22 aromatic carbocycles. The molecule has 0 amide bonds. The van der Waals surface area contributed by atoms with E-state index in [9.17, 15) is 0 Å². The van der Waals surface area contributed by atoms with Gasteiger partial charge in [0.1, 0.15) is 0 Å². The minimum Gasteiger partial charge on any atom is -0.363 e. The first-order chi connectivity index (χ1) is 67.5. The first kappa shape index (κ1) is 104. The molecule has 0 atom stereocenters. The molecule has 0 spiro atoms. The zero-order valence-corrected chi connectivity index (χ0v) is 100. The third-order valence-corrected chi connectivity index (χ3v) is 28.2. The Morgan fingerprint density at radius 2 is 0.458 bits per heavy atom. The van der Waals surface area contributed by atoms with E-state index >= 15 is 0 Å². The summed E-state index contributed by atoms with van der Waals surface area (Å²) in [5.41, 5.74) is 28.2. The molecule has 669 valence electrons. The van der Waals surface area contributed by atoms with Crippen molar-refractivity contribution in [2.24, 2.45) is 35.2 Å². The summed E-state index contributed by atoms with van der Waals surface area (Å²) in [7, 11) is 10.7. The van der Waals surface area contributed by atoms with E-state index in [-0.39, 0.29) is 229 Å². The van der Waals surface area contributed by atoms with Gasteiger partial charge >= 0.3 is 0 Å². The van der Waals surface area contributed by atoms with Crippen LogP contribution in [-0.4, -0.2) is 32.4 Å². The molecule has 0 saturated carbocycles. The molecule has 0 unspecified atom stereocenters. The van der Waals surface area contributed by atoms with Crippen molar-refractivity contribution < 1.29 is 229 Å². The number of benzene rings is 22. The monoisotopic (exact) mass is 2370 g/mol. The summed E-state index contributed by atoms with van der Waals surface area (Å²) in [6.45, 7) is 0. The molecule has 7 radical (unpaired) electrons. The van der Waals surface area contributed by atoms with Crippen LogP contribution >= 0.6 is 0 Å². The zero-order chi connectivity index (χ0) is 91.5. The molecule has 0 N–H and O–H groups in total. The molecular formula is C130H87N7Y7-6. The largest absolute Gasteiger partial charge is 0.363 e. The summed E-state index contributed by atoms with van der Waals surface area (Å²) in [5, 5.41) is 29.8. The van der Waals surface area contributed by atoms with E-state index < -0.39 is 0 Å². The Kier molecular flexibility index (Phi) is 32.2. The van der Waals surface area contributed by atoms with Crippen molar-refractivity contribution in [3.63, 3.8) is 0 Å². The molecule has 7 heterocycles. The first-order valence-electron chi connectivity index (χ1n) is 46.7. The molecule has 144 heavy (non-hydrogen) atoms. The number of para-hydroxylation sites is 7. The molecule has 7 nitrogen and oxygen atoms in total. The number of pyridine rings is 1. The Labute approximate surface area is 1010 Å². The fraction of sp³-hybridized carbons (Fsp3) is 0.0385. The summed E-state index contributed by atoms with van der Waals surface area (Å²) in [6, 6.07) is 174. The van der Waals surface area contributed by atoms with Gasteiger partial charge in [-0.1, -0.05) is 356 Å². The van der Waals surface area contributed by atoms with E-state index in [2.05, 4.69) is 504 Å². The zero-order valence-electron chi connectivity index (χ0n) is 80.2. The maximum absolute atomic E-state index is 4.45. The second-order valence-electron chi connectivity index (χ2n) is 35.8.